The highest BCUT2D eigenvalue weighted by atomic mass is 16.6. The van der Waals surface area contributed by atoms with E-state index in [4.69, 9.17) is 4.74 Å². The van der Waals surface area contributed by atoms with E-state index in [-0.39, 0.29) is 5.60 Å². The van der Waals surface area contributed by atoms with Gasteiger partial charge in [0.15, 0.2) is 0 Å². The normalized spacial score (nSPS) is 20.6. The smallest absolute Gasteiger partial charge is 0.119 e. The fraction of sp³-hybridized carbons (Fsp3) is 0.524. The molecule has 0 aromatic heterocycles. The zero-order chi connectivity index (χ0) is 16.9. The first-order valence-corrected chi connectivity index (χ1v) is 8.64. The van der Waals surface area contributed by atoms with Crippen LogP contribution < -0.4 is 0 Å². The van der Waals surface area contributed by atoms with Gasteiger partial charge in [0.25, 0.3) is 0 Å². The predicted molar refractivity (Wildman–Crippen MR) is 96.7 cm³/mol. The molecule has 0 spiro atoms. The summed E-state index contributed by atoms with van der Waals surface area (Å²) in [6.07, 6.45) is 10.3. The molecule has 2 rings (SSSR count). The number of rotatable bonds is 8. The van der Waals surface area contributed by atoms with Crippen molar-refractivity contribution in [2.75, 3.05) is 0 Å². The van der Waals surface area contributed by atoms with Crippen molar-refractivity contribution in [1.82, 2.24) is 0 Å². The Kier molecular flexibility index (Phi) is 6.06. The van der Waals surface area contributed by atoms with Gasteiger partial charge in [-0.05, 0) is 71.4 Å². The Bertz CT molecular complexity index is 581. The monoisotopic (exact) mass is 314 g/mol. The fourth-order valence-electron chi connectivity index (χ4n) is 2.82. The summed E-state index contributed by atoms with van der Waals surface area (Å²) in [7, 11) is 0. The van der Waals surface area contributed by atoms with E-state index in [1.165, 1.54) is 11.1 Å². The second kappa shape index (κ2) is 7.83. The summed E-state index contributed by atoms with van der Waals surface area (Å²) in [4.78, 5) is 0. The molecule has 1 saturated heterocycles. The first-order chi connectivity index (χ1) is 10.9. The Hall–Kier alpha value is -1.54. The van der Waals surface area contributed by atoms with Gasteiger partial charge in [0, 0.05) is 0 Å². The molecule has 1 fully saturated rings. The number of ether oxygens (including phenoxy) is 1. The summed E-state index contributed by atoms with van der Waals surface area (Å²) in [5, 5.41) is 9.77. The van der Waals surface area contributed by atoms with Crippen molar-refractivity contribution < 1.29 is 9.84 Å². The lowest BCUT2D eigenvalue weighted by Gasteiger charge is -2.04. The predicted octanol–water partition coefficient (Wildman–Crippen LogP) is 5.57. The molecule has 0 saturated carbocycles. The Labute approximate surface area is 140 Å². The van der Waals surface area contributed by atoms with Crippen LogP contribution in [-0.4, -0.2) is 16.8 Å². The van der Waals surface area contributed by atoms with Crippen molar-refractivity contribution in [3.63, 3.8) is 0 Å². The van der Waals surface area contributed by atoms with Crippen LogP contribution >= 0.6 is 0 Å². The summed E-state index contributed by atoms with van der Waals surface area (Å²) in [6, 6.07) is 7.55. The molecular formula is C21H30O2. The van der Waals surface area contributed by atoms with Crippen LogP contribution in [-0.2, 0) is 11.2 Å². The van der Waals surface area contributed by atoms with Crippen molar-refractivity contribution in [3.05, 3.63) is 53.1 Å². The van der Waals surface area contributed by atoms with Gasteiger partial charge in [0.2, 0.25) is 0 Å². The highest BCUT2D eigenvalue weighted by Crippen LogP contribution is 2.38. The number of hydrogen-bond donors (Lipinski definition) is 1. The minimum absolute atomic E-state index is 0.114. The molecule has 1 atom stereocenters. The molecule has 23 heavy (non-hydrogen) atoms. The molecule has 0 radical (unpaired) electrons. The lowest BCUT2D eigenvalue weighted by molar-refractivity contribution is 0.320. The summed E-state index contributed by atoms with van der Waals surface area (Å²) in [5.74, 6) is 0.387. The molecule has 0 amide bonds. The molecule has 2 nitrogen and oxygen atoms in total. The van der Waals surface area contributed by atoms with Gasteiger partial charge in [0.1, 0.15) is 5.75 Å². The largest absolute Gasteiger partial charge is 0.508 e. The number of phenolic OH excluding ortho intramolecular Hbond substituents is 1. The van der Waals surface area contributed by atoms with Crippen LogP contribution in [0, 0.1) is 0 Å². The SMILES string of the molecule is CC(=CCC/C(C)=C/Cc1ccccc1O)CC[C@@H]1OC1(C)C. The van der Waals surface area contributed by atoms with E-state index in [0.29, 0.717) is 11.9 Å². The molecular weight excluding hydrogens is 284 g/mol. The van der Waals surface area contributed by atoms with Crippen molar-refractivity contribution in [2.24, 2.45) is 0 Å². The van der Waals surface area contributed by atoms with Crippen molar-refractivity contribution >= 4 is 0 Å². The molecule has 2 heteroatoms. The summed E-state index contributed by atoms with van der Waals surface area (Å²) in [6.45, 7) is 8.71. The number of epoxide rings is 1. The standard InChI is InChI=1S/C21H30O2/c1-16(12-14-18-10-5-6-11-19(18)22)8-7-9-17(2)13-15-20-21(3,4)23-20/h5-6,9-12,20,22H,7-8,13-15H2,1-4H3/b16-12+,17-9?/t20-/m0/s1. The second-order valence-corrected chi connectivity index (χ2v) is 7.22. The van der Waals surface area contributed by atoms with Crippen LogP contribution in [0.5, 0.6) is 5.75 Å². The average Bonchev–Trinajstić information content (AvgIpc) is 3.11. The first-order valence-electron chi connectivity index (χ1n) is 8.64. The molecule has 0 unspecified atom stereocenters. The van der Waals surface area contributed by atoms with Gasteiger partial charge in [-0.3, -0.25) is 0 Å². The van der Waals surface area contributed by atoms with Gasteiger partial charge in [-0.15, -0.1) is 0 Å². The maximum absolute atomic E-state index is 9.77. The van der Waals surface area contributed by atoms with Crippen molar-refractivity contribution in [1.29, 1.82) is 0 Å². The topological polar surface area (TPSA) is 32.8 Å². The van der Waals surface area contributed by atoms with E-state index >= 15 is 0 Å². The maximum Gasteiger partial charge on any atom is 0.119 e. The number of allylic oxidation sites excluding steroid dienone is 4. The zero-order valence-electron chi connectivity index (χ0n) is 14.9. The van der Waals surface area contributed by atoms with E-state index in [1.807, 2.05) is 18.2 Å². The van der Waals surface area contributed by atoms with Crippen molar-refractivity contribution in [2.45, 2.75) is 71.5 Å². The van der Waals surface area contributed by atoms with Crippen LogP contribution in [0.1, 0.15) is 58.9 Å². The van der Waals surface area contributed by atoms with Crippen molar-refractivity contribution in [3.8, 4) is 5.75 Å². The Morgan fingerprint density at radius 2 is 1.78 bits per heavy atom. The van der Waals surface area contributed by atoms with Crippen LogP contribution in [0.3, 0.4) is 0 Å². The van der Waals surface area contributed by atoms with Gasteiger partial charge in [-0.1, -0.05) is 41.5 Å². The van der Waals surface area contributed by atoms with E-state index in [0.717, 1.165) is 37.7 Å². The molecule has 0 bridgehead atoms. The molecule has 1 aliphatic heterocycles. The third kappa shape index (κ3) is 5.87. The second-order valence-electron chi connectivity index (χ2n) is 7.22. The van der Waals surface area contributed by atoms with Gasteiger partial charge in [0.05, 0.1) is 11.7 Å². The van der Waals surface area contributed by atoms with Crippen LogP contribution in [0.15, 0.2) is 47.6 Å². The summed E-state index contributed by atoms with van der Waals surface area (Å²) in [5.41, 5.74) is 3.95. The van der Waals surface area contributed by atoms with E-state index in [2.05, 4.69) is 39.8 Å². The molecule has 1 aliphatic rings. The molecule has 1 N–H and O–H groups in total. The van der Waals surface area contributed by atoms with Crippen LogP contribution in [0.25, 0.3) is 0 Å². The van der Waals surface area contributed by atoms with Gasteiger partial charge in [-0.2, -0.15) is 0 Å². The molecule has 1 aromatic carbocycles. The molecule has 1 heterocycles. The van der Waals surface area contributed by atoms with Gasteiger partial charge in [-0.25, -0.2) is 0 Å². The third-order valence-corrected chi connectivity index (χ3v) is 4.66. The molecule has 126 valence electrons. The minimum Gasteiger partial charge on any atom is -0.508 e. The van der Waals surface area contributed by atoms with Crippen LogP contribution in [0.4, 0.5) is 0 Å². The van der Waals surface area contributed by atoms with E-state index in [9.17, 15) is 5.11 Å². The minimum atomic E-state index is 0.114. The number of para-hydroxylation sites is 1. The number of benzene rings is 1. The lowest BCUT2D eigenvalue weighted by atomic mass is 10.0. The third-order valence-electron chi connectivity index (χ3n) is 4.66. The number of aromatic hydroxyl groups is 1. The van der Waals surface area contributed by atoms with Gasteiger partial charge < -0.3 is 9.84 Å². The summed E-state index contributed by atoms with van der Waals surface area (Å²) < 4.78 is 5.62. The van der Waals surface area contributed by atoms with Gasteiger partial charge >= 0.3 is 0 Å². The number of hydrogen-bond acceptors (Lipinski definition) is 2. The van der Waals surface area contributed by atoms with E-state index < -0.39 is 0 Å². The Morgan fingerprint density at radius 1 is 1.13 bits per heavy atom. The molecule has 0 aliphatic carbocycles. The summed E-state index contributed by atoms with van der Waals surface area (Å²) >= 11 is 0. The average molecular weight is 314 g/mol. The first kappa shape index (κ1) is 17.8. The Morgan fingerprint density at radius 3 is 2.43 bits per heavy atom. The zero-order valence-corrected chi connectivity index (χ0v) is 14.9. The van der Waals surface area contributed by atoms with E-state index in [1.54, 1.807) is 6.07 Å². The lowest BCUT2D eigenvalue weighted by Crippen LogP contribution is -2.02. The highest BCUT2D eigenvalue weighted by molar-refractivity contribution is 5.33. The van der Waals surface area contributed by atoms with Crippen LogP contribution in [0.2, 0.25) is 0 Å². The fourth-order valence-corrected chi connectivity index (χ4v) is 2.82. The number of phenols is 1. The highest BCUT2D eigenvalue weighted by Gasteiger charge is 2.46. The molecule has 1 aromatic rings. The Balaban J connectivity index is 1.69. The quantitative estimate of drug-likeness (QED) is 0.503. The maximum atomic E-state index is 9.77.